The first-order valence-corrected chi connectivity index (χ1v) is 7.88. The maximum absolute atomic E-state index is 6.03. The lowest BCUT2D eigenvalue weighted by atomic mass is 9.42. The van der Waals surface area contributed by atoms with Gasteiger partial charge in [-0.3, -0.25) is 0 Å². The fraction of sp³-hybridized carbons (Fsp3) is 0.600. The van der Waals surface area contributed by atoms with Crippen LogP contribution in [0, 0.1) is 17.3 Å². The second kappa shape index (κ2) is 3.67. The minimum Gasteiger partial charge on any atom is -0.365 e. The van der Waals surface area contributed by atoms with Gasteiger partial charge in [0, 0.05) is 12.2 Å². The molecule has 2 aromatic rings. The summed E-state index contributed by atoms with van der Waals surface area (Å²) in [5, 5.41) is 8.18. The van der Waals surface area contributed by atoms with Crippen LogP contribution in [0.15, 0.2) is 18.3 Å². The van der Waals surface area contributed by atoms with E-state index in [0.717, 1.165) is 23.2 Å². The molecule has 0 aromatic carbocycles. The topological polar surface area (TPSA) is 42.2 Å². The molecule has 1 spiro atoms. The Bertz CT molecular complexity index is 683. The summed E-state index contributed by atoms with van der Waals surface area (Å²) in [6, 6.07) is 4.59. The summed E-state index contributed by atoms with van der Waals surface area (Å²) in [6.45, 7) is 0. The monoisotopic (exact) mass is 288 g/mol. The molecule has 2 heterocycles. The molecule has 8 rings (SSSR count). The Kier molecular flexibility index (Phi) is 2.09. The van der Waals surface area contributed by atoms with Crippen LogP contribution in [0.2, 0.25) is 5.28 Å². The molecule has 6 fully saturated rings. The van der Waals surface area contributed by atoms with Gasteiger partial charge < -0.3 is 5.32 Å². The maximum Gasteiger partial charge on any atom is 0.243 e. The summed E-state index contributed by atoms with van der Waals surface area (Å²) in [6.07, 6.45) is 9.00. The van der Waals surface area contributed by atoms with Gasteiger partial charge in [-0.25, -0.2) is 4.52 Å². The number of aromatic nitrogens is 3. The number of fused-ring (bicyclic) bond motifs is 1. The van der Waals surface area contributed by atoms with Crippen LogP contribution in [0.3, 0.4) is 0 Å². The molecule has 5 heteroatoms. The summed E-state index contributed by atoms with van der Waals surface area (Å²) in [7, 11) is 0. The molecule has 0 aliphatic heterocycles. The molecule has 6 saturated carbocycles. The number of anilines is 1. The second-order valence-corrected chi connectivity index (χ2v) is 7.23. The Hall–Kier alpha value is -1.29. The van der Waals surface area contributed by atoms with Gasteiger partial charge in [0.15, 0.2) is 5.82 Å². The Morgan fingerprint density at radius 2 is 2.25 bits per heavy atom. The van der Waals surface area contributed by atoms with Crippen LogP contribution in [0.4, 0.5) is 5.82 Å². The quantitative estimate of drug-likeness (QED) is 0.921. The Labute approximate surface area is 122 Å². The molecule has 0 saturated heterocycles. The number of hydrogen-bond acceptors (Lipinski definition) is 3. The molecular weight excluding hydrogens is 272 g/mol. The van der Waals surface area contributed by atoms with Crippen LogP contribution < -0.4 is 5.32 Å². The molecule has 6 aliphatic rings. The zero-order chi connectivity index (χ0) is 13.3. The number of nitrogens with one attached hydrogen (secondary N) is 1. The van der Waals surface area contributed by atoms with Crippen LogP contribution in [-0.4, -0.2) is 20.6 Å². The summed E-state index contributed by atoms with van der Waals surface area (Å²) in [5.74, 6) is 2.67. The first-order valence-electron chi connectivity index (χ1n) is 7.50. The van der Waals surface area contributed by atoms with Gasteiger partial charge in [-0.05, 0) is 73.1 Å². The van der Waals surface area contributed by atoms with Gasteiger partial charge in [0.05, 0.1) is 0 Å². The predicted octanol–water partition coefficient (Wildman–Crippen LogP) is 3.37. The van der Waals surface area contributed by atoms with E-state index in [2.05, 4.69) is 15.4 Å². The van der Waals surface area contributed by atoms with Gasteiger partial charge in [0.25, 0.3) is 0 Å². The highest BCUT2D eigenvalue weighted by molar-refractivity contribution is 6.28. The van der Waals surface area contributed by atoms with E-state index in [9.17, 15) is 0 Å². The summed E-state index contributed by atoms with van der Waals surface area (Å²) < 4.78 is 1.80. The molecule has 0 amide bonds. The van der Waals surface area contributed by atoms with Crippen molar-refractivity contribution in [2.45, 2.75) is 38.1 Å². The van der Waals surface area contributed by atoms with E-state index in [4.69, 9.17) is 11.6 Å². The van der Waals surface area contributed by atoms with Crippen molar-refractivity contribution >= 4 is 22.9 Å². The van der Waals surface area contributed by atoms with Crippen molar-refractivity contribution in [2.24, 2.45) is 17.3 Å². The number of nitrogens with zero attached hydrogens (tertiary/aromatic N) is 3. The van der Waals surface area contributed by atoms with Gasteiger partial charge in [-0.2, -0.15) is 4.98 Å². The molecule has 2 atom stereocenters. The van der Waals surface area contributed by atoms with E-state index in [0.29, 0.717) is 16.7 Å². The molecule has 1 N–H and O–H groups in total. The van der Waals surface area contributed by atoms with Crippen LogP contribution in [0.25, 0.3) is 5.52 Å². The third-order valence-electron chi connectivity index (χ3n) is 5.86. The third kappa shape index (κ3) is 1.43. The van der Waals surface area contributed by atoms with E-state index < -0.39 is 0 Å². The molecule has 0 unspecified atom stereocenters. The van der Waals surface area contributed by atoms with Gasteiger partial charge in [-0.1, -0.05) is 0 Å². The van der Waals surface area contributed by atoms with Crippen molar-refractivity contribution in [1.29, 1.82) is 0 Å². The van der Waals surface area contributed by atoms with Crippen LogP contribution in [-0.2, 0) is 0 Å². The first-order chi connectivity index (χ1) is 9.72. The fourth-order valence-electron chi connectivity index (χ4n) is 5.03. The molecule has 20 heavy (non-hydrogen) atoms. The van der Waals surface area contributed by atoms with Crippen LogP contribution >= 0.6 is 11.6 Å². The molecular formula is C15H17ClN4. The highest BCUT2D eigenvalue weighted by Crippen LogP contribution is 2.66. The van der Waals surface area contributed by atoms with Gasteiger partial charge in [0.1, 0.15) is 5.52 Å². The minimum absolute atomic E-state index is 0.306. The Morgan fingerprint density at radius 3 is 2.95 bits per heavy atom. The van der Waals surface area contributed by atoms with Gasteiger partial charge in [-0.15, -0.1) is 5.10 Å². The Morgan fingerprint density at radius 1 is 1.35 bits per heavy atom. The molecule has 6 aliphatic carbocycles. The summed E-state index contributed by atoms with van der Waals surface area (Å²) in [4.78, 5) is 4.41. The van der Waals surface area contributed by atoms with Gasteiger partial charge in [0.2, 0.25) is 5.28 Å². The molecule has 3 bridgehead atoms. The smallest absolute Gasteiger partial charge is 0.243 e. The average molecular weight is 289 g/mol. The molecule has 104 valence electrons. The predicted molar refractivity (Wildman–Crippen MR) is 77.9 cm³/mol. The third-order valence-corrected chi connectivity index (χ3v) is 6.02. The maximum atomic E-state index is 6.03. The Balaban J connectivity index is 1.50. The average Bonchev–Trinajstić information content (AvgIpc) is 2.86. The van der Waals surface area contributed by atoms with Crippen molar-refractivity contribution < 1.29 is 0 Å². The molecule has 4 nitrogen and oxygen atoms in total. The molecule has 0 radical (unpaired) electrons. The van der Waals surface area contributed by atoms with E-state index >= 15 is 0 Å². The van der Waals surface area contributed by atoms with E-state index in [1.54, 1.807) is 4.52 Å². The van der Waals surface area contributed by atoms with E-state index in [1.165, 1.54) is 32.1 Å². The summed E-state index contributed by atoms with van der Waals surface area (Å²) >= 11 is 6.03. The lowest BCUT2D eigenvalue weighted by Gasteiger charge is -2.65. The zero-order valence-electron chi connectivity index (χ0n) is 11.2. The first kappa shape index (κ1) is 11.4. The van der Waals surface area contributed by atoms with Crippen molar-refractivity contribution in [3.63, 3.8) is 0 Å². The van der Waals surface area contributed by atoms with Crippen LogP contribution in [0.5, 0.6) is 0 Å². The number of halogens is 1. The van der Waals surface area contributed by atoms with Gasteiger partial charge >= 0.3 is 0 Å². The SMILES string of the molecule is Clc1nc(N[C@@H]2C[C@]34CC[C@@H]2[C@@H](C3)C4)c2cccn2n1. The highest BCUT2D eigenvalue weighted by Gasteiger charge is 2.59. The fourth-order valence-corrected chi connectivity index (χ4v) is 5.20. The van der Waals surface area contributed by atoms with E-state index in [-0.39, 0.29) is 0 Å². The van der Waals surface area contributed by atoms with Crippen molar-refractivity contribution in [2.75, 3.05) is 5.32 Å². The largest absolute Gasteiger partial charge is 0.365 e. The second-order valence-electron chi connectivity index (χ2n) is 6.89. The van der Waals surface area contributed by atoms with Crippen molar-refractivity contribution in [3.8, 4) is 0 Å². The lowest BCUT2D eigenvalue weighted by molar-refractivity contribution is -0.116. The molecule has 2 aromatic heterocycles. The number of hydrogen-bond donors (Lipinski definition) is 1. The van der Waals surface area contributed by atoms with E-state index in [1.807, 2.05) is 18.3 Å². The minimum atomic E-state index is 0.306. The lowest BCUT2D eigenvalue weighted by Crippen LogP contribution is -2.59. The standard InChI is InChI=1S/C15H17ClN4/c16-14-18-13(12-2-1-5-20(12)19-14)17-11-8-15-4-3-10(11)9(6-15)7-15/h1-2,5,9-11H,3-4,6-8H2,(H,17,18,19)/t9-,10-,11-,15+/m1/s1. The highest BCUT2D eigenvalue weighted by atomic mass is 35.5. The van der Waals surface area contributed by atoms with Crippen molar-refractivity contribution in [1.82, 2.24) is 14.6 Å². The summed E-state index contributed by atoms with van der Waals surface area (Å²) in [5.41, 5.74) is 1.67. The van der Waals surface area contributed by atoms with Crippen molar-refractivity contribution in [3.05, 3.63) is 23.6 Å². The normalized spacial score (nSPS) is 38.0. The van der Waals surface area contributed by atoms with Crippen LogP contribution in [0.1, 0.15) is 32.1 Å². The number of rotatable bonds is 2. The zero-order valence-corrected chi connectivity index (χ0v) is 12.0.